The number of aryl methyl sites for hydroxylation is 1. The number of rotatable bonds is 7. The fourth-order valence-electron chi connectivity index (χ4n) is 2.68. The SMILES string of the molecule is CCc1ccc(Nc2ccnc(C(=O)NCCc3ccc(F)cc3)c2)cc1. The number of hydrogen-bond donors (Lipinski definition) is 2. The average Bonchev–Trinajstić information content (AvgIpc) is 2.70. The summed E-state index contributed by atoms with van der Waals surface area (Å²) in [6.07, 6.45) is 3.24. The molecule has 3 aromatic rings. The Bertz CT molecular complexity index is 892. The van der Waals surface area contributed by atoms with E-state index < -0.39 is 0 Å². The number of halogens is 1. The Hall–Kier alpha value is -3.21. The van der Waals surface area contributed by atoms with Crippen LogP contribution in [0.3, 0.4) is 0 Å². The van der Waals surface area contributed by atoms with Crippen molar-refractivity contribution in [1.82, 2.24) is 10.3 Å². The zero-order valence-electron chi connectivity index (χ0n) is 15.2. The lowest BCUT2D eigenvalue weighted by atomic mass is 10.1. The summed E-state index contributed by atoms with van der Waals surface area (Å²) in [5.74, 6) is -0.497. The van der Waals surface area contributed by atoms with Gasteiger partial charge >= 0.3 is 0 Å². The first kappa shape index (κ1) is 18.6. The van der Waals surface area contributed by atoms with E-state index in [1.807, 2.05) is 18.2 Å². The maximum absolute atomic E-state index is 12.9. The van der Waals surface area contributed by atoms with Gasteiger partial charge in [-0.05, 0) is 60.4 Å². The topological polar surface area (TPSA) is 54.0 Å². The molecule has 2 N–H and O–H groups in total. The van der Waals surface area contributed by atoms with Gasteiger partial charge in [-0.1, -0.05) is 31.2 Å². The van der Waals surface area contributed by atoms with Gasteiger partial charge in [0, 0.05) is 24.1 Å². The quantitative estimate of drug-likeness (QED) is 0.650. The van der Waals surface area contributed by atoms with Crippen LogP contribution in [0, 0.1) is 5.82 Å². The molecule has 0 aliphatic heterocycles. The van der Waals surface area contributed by atoms with E-state index in [0.29, 0.717) is 18.7 Å². The summed E-state index contributed by atoms with van der Waals surface area (Å²) >= 11 is 0. The number of amides is 1. The third kappa shape index (κ3) is 5.38. The average molecular weight is 363 g/mol. The molecule has 3 rings (SSSR count). The minimum absolute atomic E-state index is 0.234. The van der Waals surface area contributed by atoms with Crippen LogP contribution in [0.5, 0.6) is 0 Å². The molecule has 0 bridgehead atoms. The van der Waals surface area contributed by atoms with Crippen LogP contribution in [0.4, 0.5) is 15.8 Å². The molecule has 0 unspecified atom stereocenters. The van der Waals surface area contributed by atoms with Crippen LogP contribution >= 0.6 is 0 Å². The first-order valence-corrected chi connectivity index (χ1v) is 8.98. The van der Waals surface area contributed by atoms with Crippen molar-refractivity contribution in [3.8, 4) is 0 Å². The number of hydrogen-bond acceptors (Lipinski definition) is 3. The second-order valence-electron chi connectivity index (χ2n) is 6.24. The third-order valence-corrected chi connectivity index (χ3v) is 4.26. The van der Waals surface area contributed by atoms with E-state index >= 15 is 0 Å². The number of nitrogens with zero attached hydrogens (tertiary/aromatic N) is 1. The molecule has 1 heterocycles. The Morgan fingerprint density at radius 3 is 2.37 bits per heavy atom. The Balaban J connectivity index is 1.56. The molecular weight excluding hydrogens is 341 g/mol. The summed E-state index contributed by atoms with van der Waals surface area (Å²) in [5, 5.41) is 6.13. The summed E-state index contributed by atoms with van der Waals surface area (Å²) in [6, 6.07) is 18.0. The molecule has 0 fully saturated rings. The maximum Gasteiger partial charge on any atom is 0.269 e. The molecule has 2 aromatic carbocycles. The minimum Gasteiger partial charge on any atom is -0.355 e. The predicted octanol–water partition coefficient (Wildman–Crippen LogP) is 4.50. The predicted molar refractivity (Wildman–Crippen MR) is 106 cm³/mol. The Morgan fingerprint density at radius 2 is 1.67 bits per heavy atom. The van der Waals surface area contributed by atoms with Crippen LogP contribution in [0.2, 0.25) is 0 Å². The molecule has 4 nitrogen and oxygen atoms in total. The van der Waals surface area contributed by atoms with E-state index in [1.165, 1.54) is 17.7 Å². The first-order chi connectivity index (χ1) is 13.1. The van der Waals surface area contributed by atoms with Gasteiger partial charge in [-0.25, -0.2) is 4.39 Å². The maximum atomic E-state index is 12.9. The molecule has 0 spiro atoms. The second-order valence-corrected chi connectivity index (χ2v) is 6.24. The van der Waals surface area contributed by atoms with E-state index in [0.717, 1.165) is 23.4 Å². The van der Waals surface area contributed by atoms with Crippen molar-refractivity contribution in [2.45, 2.75) is 19.8 Å². The van der Waals surface area contributed by atoms with Crippen LogP contribution in [0.1, 0.15) is 28.5 Å². The number of nitrogens with one attached hydrogen (secondary N) is 2. The third-order valence-electron chi connectivity index (χ3n) is 4.26. The highest BCUT2D eigenvalue weighted by Crippen LogP contribution is 2.17. The van der Waals surface area contributed by atoms with Crippen LogP contribution in [0.25, 0.3) is 0 Å². The summed E-state index contributed by atoms with van der Waals surface area (Å²) in [5.41, 5.74) is 4.36. The van der Waals surface area contributed by atoms with Gasteiger partial charge in [-0.3, -0.25) is 9.78 Å². The molecule has 0 atom stereocenters. The zero-order chi connectivity index (χ0) is 19.1. The molecule has 0 aliphatic carbocycles. The number of anilines is 2. The molecule has 0 saturated carbocycles. The summed E-state index contributed by atoms with van der Waals surface area (Å²) in [4.78, 5) is 16.5. The lowest BCUT2D eigenvalue weighted by Crippen LogP contribution is -2.26. The van der Waals surface area contributed by atoms with Crippen molar-refractivity contribution in [1.29, 1.82) is 0 Å². The monoisotopic (exact) mass is 363 g/mol. The molecular formula is C22H22FN3O. The van der Waals surface area contributed by atoms with E-state index in [4.69, 9.17) is 0 Å². The first-order valence-electron chi connectivity index (χ1n) is 8.98. The number of aromatic nitrogens is 1. The van der Waals surface area contributed by atoms with Gasteiger partial charge in [0.2, 0.25) is 0 Å². The van der Waals surface area contributed by atoms with Gasteiger partial charge < -0.3 is 10.6 Å². The normalized spacial score (nSPS) is 10.4. The van der Waals surface area contributed by atoms with Gasteiger partial charge in [0.15, 0.2) is 0 Å². The Kier molecular flexibility index (Phi) is 6.15. The van der Waals surface area contributed by atoms with Crippen LogP contribution in [-0.2, 0) is 12.8 Å². The van der Waals surface area contributed by atoms with E-state index in [9.17, 15) is 9.18 Å². The van der Waals surface area contributed by atoms with Crippen LogP contribution < -0.4 is 10.6 Å². The molecule has 0 aliphatic rings. The summed E-state index contributed by atoms with van der Waals surface area (Å²) in [6.45, 7) is 2.58. The van der Waals surface area contributed by atoms with Crippen molar-refractivity contribution in [3.63, 3.8) is 0 Å². The lowest BCUT2D eigenvalue weighted by Gasteiger charge is -2.09. The van der Waals surface area contributed by atoms with Crippen molar-refractivity contribution < 1.29 is 9.18 Å². The highest BCUT2D eigenvalue weighted by molar-refractivity contribution is 5.93. The summed E-state index contributed by atoms with van der Waals surface area (Å²) < 4.78 is 12.9. The molecule has 1 aromatic heterocycles. The van der Waals surface area contributed by atoms with E-state index in [1.54, 1.807) is 24.4 Å². The molecule has 1 amide bonds. The largest absolute Gasteiger partial charge is 0.355 e. The smallest absolute Gasteiger partial charge is 0.269 e. The Labute approximate surface area is 158 Å². The number of pyridine rings is 1. The van der Waals surface area contributed by atoms with Gasteiger partial charge in [-0.2, -0.15) is 0 Å². The van der Waals surface area contributed by atoms with Crippen LogP contribution in [-0.4, -0.2) is 17.4 Å². The fourth-order valence-corrected chi connectivity index (χ4v) is 2.68. The fraction of sp³-hybridized carbons (Fsp3) is 0.182. The van der Waals surface area contributed by atoms with Crippen molar-refractivity contribution in [2.24, 2.45) is 0 Å². The number of benzene rings is 2. The van der Waals surface area contributed by atoms with Gasteiger partial charge in [0.05, 0.1) is 0 Å². The summed E-state index contributed by atoms with van der Waals surface area (Å²) in [7, 11) is 0. The van der Waals surface area contributed by atoms with Crippen LogP contribution in [0.15, 0.2) is 66.9 Å². The lowest BCUT2D eigenvalue weighted by molar-refractivity contribution is 0.0949. The molecule has 0 saturated heterocycles. The highest BCUT2D eigenvalue weighted by atomic mass is 19.1. The minimum atomic E-state index is -0.263. The van der Waals surface area contributed by atoms with E-state index in [-0.39, 0.29) is 11.7 Å². The molecule has 27 heavy (non-hydrogen) atoms. The Morgan fingerprint density at radius 1 is 0.963 bits per heavy atom. The van der Waals surface area contributed by atoms with Gasteiger partial charge in [0.25, 0.3) is 5.91 Å². The van der Waals surface area contributed by atoms with E-state index in [2.05, 4.69) is 34.7 Å². The van der Waals surface area contributed by atoms with Gasteiger partial charge in [-0.15, -0.1) is 0 Å². The van der Waals surface area contributed by atoms with Crippen molar-refractivity contribution in [2.75, 3.05) is 11.9 Å². The second kappa shape index (κ2) is 8.94. The molecule has 5 heteroatoms. The van der Waals surface area contributed by atoms with Gasteiger partial charge in [0.1, 0.15) is 11.5 Å². The van der Waals surface area contributed by atoms with Crippen molar-refractivity contribution in [3.05, 3.63) is 89.5 Å². The standard InChI is InChI=1S/C22H22FN3O/c1-2-16-5-9-19(10-6-16)26-20-12-14-24-21(15-20)22(27)25-13-11-17-3-7-18(23)8-4-17/h3-10,12,14-15H,2,11,13H2,1H3,(H,24,26)(H,25,27). The number of carbonyl (C=O) groups excluding carboxylic acids is 1. The highest BCUT2D eigenvalue weighted by Gasteiger charge is 2.08. The van der Waals surface area contributed by atoms with Crippen molar-refractivity contribution >= 4 is 17.3 Å². The molecule has 138 valence electrons. The number of carbonyl (C=O) groups is 1. The molecule has 0 radical (unpaired) electrons. The zero-order valence-corrected chi connectivity index (χ0v) is 15.2.